The van der Waals surface area contributed by atoms with Gasteiger partial charge in [-0.3, -0.25) is 0 Å². The summed E-state index contributed by atoms with van der Waals surface area (Å²) in [6.07, 6.45) is 6.19. The van der Waals surface area contributed by atoms with Crippen molar-refractivity contribution < 1.29 is 0 Å². The van der Waals surface area contributed by atoms with Crippen molar-refractivity contribution in [2.75, 3.05) is 0 Å². The molecule has 0 fully saturated rings. The molecule has 62 valence electrons. The maximum Gasteiger partial charge on any atom is -0.00812 e. The molecule has 0 spiro atoms. The summed E-state index contributed by atoms with van der Waals surface area (Å²) in [5.41, 5.74) is 1.24. The van der Waals surface area contributed by atoms with Crippen molar-refractivity contribution in [2.45, 2.75) is 6.92 Å². The Morgan fingerprint density at radius 1 is 1.25 bits per heavy atom. The van der Waals surface area contributed by atoms with Crippen LogP contribution in [0.2, 0.25) is 0 Å². The van der Waals surface area contributed by atoms with Crippen LogP contribution in [0.1, 0.15) is 12.5 Å². The average Bonchev–Trinajstić information content (AvgIpc) is 2.16. The molecule has 0 saturated carbocycles. The Morgan fingerprint density at radius 2 is 1.92 bits per heavy atom. The molecule has 0 saturated heterocycles. The molecule has 0 radical (unpaired) electrons. The highest BCUT2D eigenvalue weighted by atomic mass is 13.9. The third-order valence-electron chi connectivity index (χ3n) is 1.76. The summed E-state index contributed by atoms with van der Waals surface area (Å²) in [6.45, 7) is 5.84. The van der Waals surface area contributed by atoms with Crippen LogP contribution in [0.3, 0.4) is 0 Å². The summed E-state index contributed by atoms with van der Waals surface area (Å²) in [5.74, 6) is 0.449. The molecule has 0 N–H and O–H groups in total. The van der Waals surface area contributed by atoms with Crippen LogP contribution in [0.5, 0.6) is 0 Å². The third-order valence-corrected chi connectivity index (χ3v) is 1.76. The van der Waals surface area contributed by atoms with E-state index in [-0.39, 0.29) is 0 Å². The molecule has 0 aliphatic heterocycles. The van der Waals surface area contributed by atoms with E-state index in [9.17, 15) is 0 Å². The van der Waals surface area contributed by atoms with Gasteiger partial charge in [-0.2, -0.15) is 0 Å². The molecule has 0 amide bonds. The van der Waals surface area contributed by atoms with Gasteiger partial charge in [-0.15, -0.1) is 6.58 Å². The summed E-state index contributed by atoms with van der Waals surface area (Å²) in [4.78, 5) is 0. The van der Waals surface area contributed by atoms with Crippen LogP contribution in [-0.2, 0) is 0 Å². The normalized spacial score (nSPS) is 13.1. The number of benzene rings is 1. The molecular weight excluding hydrogens is 144 g/mol. The van der Waals surface area contributed by atoms with Gasteiger partial charge in [-0.25, -0.2) is 0 Å². The predicted molar refractivity (Wildman–Crippen MR) is 54.8 cm³/mol. The minimum Gasteiger partial charge on any atom is -0.102 e. The number of hydrogen-bond donors (Lipinski definition) is 0. The van der Waals surface area contributed by atoms with Crippen molar-refractivity contribution in [3.8, 4) is 0 Å². The van der Waals surface area contributed by atoms with E-state index in [1.54, 1.807) is 0 Å². The molecule has 1 rings (SSSR count). The Bertz CT molecular complexity index is 257. The van der Waals surface area contributed by atoms with Gasteiger partial charge in [0.15, 0.2) is 0 Å². The summed E-state index contributed by atoms with van der Waals surface area (Å²) in [5, 5.41) is 0. The molecule has 1 aromatic rings. The molecule has 0 nitrogen and oxygen atoms in total. The minimum atomic E-state index is 0.449. The van der Waals surface area contributed by atoms with E-state index < -0.39 is 0 Å². The Labute approximate surface area is 74.2 Å². The molecule has 0 aliphatic rings. The molecule has 0 heteroatoms. The smallest absolute Gasteiger partial charge is 0.00812 e. The Balaban J connectivity index is 2.63. The molecular formula is C12H14. The van der Waals surface area contributed by atoms with Crippen molar-refractivity contribution in [1.29, 1.82) is 0 Å². The maximum atomic E-state index is 3.72. The lowest BCUT2D eigenvalue weighted by Gasteiger charge is -1.95. The van der Waals surface area contributed by atoms with Gasteiger partial charge in [0.05, 0.1) is 0 Å². The molecule has 1 atom stereocenters. The second-order valence-corrected chi connectivity index (χ2v) is 2.86. The van der Waals surface area contributed by atoms with Crippen LogP contribution in [-0.4, -0.2) is 0 Å². The van der Waals surface area contributed by atoms with E-state index in [4.69, 9.17) is 0 Å². The molecule has 0 aromatic heterocycles. The van der Waals surface area contributed by atoms with Crippen LogP contribution in [0.15, 0.2) is 49.1 Å². The van der Waals surface area contributed by atoms with E-state index in [1.807, 2.05) is 24.3 Å². The average molecular weight is 158 g/mol. The fourth-order valence-corrected chi connectivity index (χ4v) is 0.906. The van der Waals surface area contributed by atoms with Gasteiger partial charge >= 0.3 is 0 Å². The molecule has 1 aromatic carbocycles. The first-order valence-corrected chi connectivity index (χ1v) is 4.18. The topological polar surface area (TPSA) is 0 Å². The lowest BCUT2D eigenvalue weighted by molar-refractivity contribution is 0.950. The standard InChI is InChI=1S/C12H14/c1-3-11(2)9-10-12-7-5-4-6-8-12/h3-11H,1H2,2H3/b10-9+/t11-/m1/s1. The summed E-state index contributed by atoms with van der Waals surface area (Å²) in [7, 11) is 0. The van der Waals surface area contributed by atoms with Gasteiger partial charge < -0.3 is 0 Å². The predicted octanol–water partition coefficient (Wildman–Crippen LogP) is 3.52. The SMILES string of the molecule is C=C[C@@H](C)/C=C/c1ccccc1. The number of allylic oxidation sites excluding steroid dienone is 2. The number of rotatable bonds is 3. The number of hydrogen-bond acceptors (Lipinski definition) is 0. The highest BCUT2D eigenvalue weighted by Gasteiger charge is 1.87. The zero-order valence-corrected chi connectivity index (χ0v) is 7.40. The second kappa shape index (κ2) is 4.55. The second-order valence-electron chi connectivity index (χ2n) is 2.86. The van der Waals surface area contributed by atoms with Gasteiger partial charge in [0, 0.05) is 0 Å². The van der Waals surface area contributed by atoms with E-state index in [0.29, 0.717) is 5.92 Å². The fraction of sp³-hybridized carbons (Fsp3) is 0.167. The van der Waals surface area contributed by atoms with Gasteiger partial charge in [0.2, 0.25) is 0 Å². The minimum absolute atomic E-state index is 0.449. The molecule has 0 aliphatic carbocycles. The Morgan fingerprint density at radius 3 is 2.50 bits per heavy atom. The van der Waals surface area contributed by atoms with Crippen molar-refractivity contribution >= 4 is 6.08 Å². The van der Waals surface area contributed by atoms with Crippen molar-refractivity contribution in [3.63, 3.8) is 0 Å². The molecule has 0 unspecified atom stereocenters. The fourth-order valence-electron chi connectivity index (χ4n) is 0.906. The lowest BCUT2D eigenvalue weighted by atomic mass is 10.1. The van der Waals surface area contributed by atoms with Gasteiger partial charge in [-0.1, -0.05) is 55.5 Å². The largest absolute Gasteiger partial charge is 0.102 e. The Hall–Kier alpha value is -1.30. The highest BCUT2D eigenvalue weighted by molar-refractivity contribution is 5.49. The molecule has 12 heavy (non-hydrogen) atoms. The third kappa shape index (κ3) is 2.75. The zero-order chi connectivity index (χ0) is 8.81. The van der Waals surface area contributed by atoms with Gasteiger partial charge in [-0.05, 0) is 11.5 Å². The van der Waals surface area contributed by atoms with Crippen molar-refractivity contribution in [3.05, 3.63) is 54.6 Å². The van der Waals surface area contributed by atoms with Crippen molar-refractivity contribution in [1.82, 2.24) is 0 Å². The van der Waals surface area contributed by atoms with Crippen LogP contribution in [0, 0.1) is 5.92 Å². The molecule has 0 bridgehead atoms. The summed E-state index contributed by atoms with van der Waals surface area (Å²) >= 11 is 0. The monoisotopic (exact) mass is 158 g/mol. The Kier molecular flexibility index (Phi) is 3.34. The van der Waals surface area contributed by atoms with Crippen molar-refractivity contribution in [2.24, 2.45) is 5.92 Å². The quantitative estimate of drug-likeness (QED) is 0.590. The van der Waals surface area contributed by atoms with Crippen LogP contribution in [0.25, 0.3) is 6.08 Å². The summed E-state index contributed by atoms with van der Waals surface area (Å²) in [6, 6.07) is 10.3. The first-order valence-electron chi connectivity index (χ1n) is 4.18. The highest BCUT2D eigenvalue weighted by Crippen LogP contribution is 2.05. The van der Waals surface area contributed by atoms with Crippen LogP contribution in [0.4, 0.5) is 0 Å². The van der Waals surface area contributed by atoms with E-state index in [0.717, 1.165) is 0 Å². The first kappa shape index (κ1) is 8.79. The molecule has 0 heterocycles. The van der Waals surface area contributed by atoms with E-state index >= 15 is 0 Å². The van der Waals surface area contributed by atoms with Crippen LogP contribution < -0.4 is 0 Å². The van der Waals surface area contributed by atoms with E-state index in [1.165, 1.54) is 5.56 Å². The lowest BCUT2D eigenvalue weighted by Crippen LogP contribution is -1.79. The summed E-state index contributed by atoms with van der Waals surface area (Å²) < 4.78 is 0. The van der Waals surface area contributed by atoms with E-state index in [2.05, 4.69) is 37.8 Å². The van der Waals surface area contributed by atoms with Crippen LogP contribution >= 0.6 is 0 Å². The van der Waals surface area contributed by atoms with Gasteiger partial charge in [0.1, 0.15) is 0 Å². The first-order chi connectivity index (χ1) is 5.83. The zero-order valence-electron chi connectivity index (χ0n) is 7.40. The maximum absolute atomic E-state index is 3.72. The van der Waals surface area contributed by atoms with Gasteiger partial charge in [0.25, 0.3) is 0 Å².